The zero-order valence-corrected chi connectivity index (χ0v) is 13.4. The molecule has 2 saturated heterocycles. The van der Waals surface area contributed by atoms with Gasteiger partial charge in [0.25, 0.3) is 0 Å². The zero-order chi connectivity index (χ0) is 16.0. The van der Waals surface area contributed by atoms with Crippen molar-refractivity contribution in [2.45, 2.75) is 55.1 Å². The quantitative estimate of drug-likeness (QED) is 0.926. The molecule has 2 aliphatic rings. The highest BCUT2D eigenvalue weighted by Crippen LogP contribution is 2.46. The Morgan fingerprint density at radius 3 is 2.50 bits per heavy atom. The molecular formula is C16H21FO4S. The number of rotatable bonds is 3. The van der Waals surface area contributed by atoms with Crippen molar-refractivity contribution in [3.8, 4) is 5.75 Å². The predicted molar refractivity (Wildman–Crippen MR) is 81.0 cm³/mol. The zero-order valence-electron chi connectivity index (χ0n) is 12.6. The lowest BCUT2D eigenvalue weighted by atomic mass is 9.80. The molecule has 0 saturated carbocycles. The van der Waals surface area contributed by atoms with Gasteiger partial charge in [-0.15, -0.1) is 0 Å². The van der Waals surface area contributed by atoms with Gasteiger partial charge in [-0.05, 0) is 44.7 Å². The van der Waals surface area contributed by atoms with Gasteiger partial charge in [-0.3, -0.25) is 0 Å². The fourth-order valence-corrected chi connectivity index (χ4v) is 6.35. The molecule has 6 heteroatoms. The summed E-state index contributed by atoms with van der Waals surface area (Å²) in [4.78, 5) is 0. The molecule has 1 N–H and O–H groups in total. The van der Waals surface area contributed by atoms with E-state index in [2.05, 4.69) is 0 Å². The molecule has 0 aromatic heterocycles. The molecule has 1 aromatic carbocycles. The Morgan fingerprint density at radius 1 is 1.32 bits per heavy atom. The Hall–Kier alpha value is -1.14. The van der Waals surface area contributed by atoms with Gasteiger partial charge in [-0.2, -0.15) is 0 Å². The maximum Gasteiger partial charge on any atom is 0.156 e. The third-order valence-electron chi connectivity index (χ3n) is 4.87. The fraction of sp³-hybridized carbons (Fsp3) is 0.625. The molecule has 2 unspecified atom stereocenters. The molecule has 122 valence electrons. The van der Waals surface area contributed by atoms with Gasteiger partial charge in [-0.25, -0.2) is 12.8 Å². The van der Waals surface area contributed by atoms with Crippen molar-refractivity contribution in [3.05, 3.63) is 29.6 Å². The second-order valence-corrected chi connectivity index (χ2v) is 8.79. The Morgan fingerprint density at radius 2 is 1.95 bits per heavy atom. The first-order valence-electron chi connectivity index (χ1n) is 7.75. The highest BCUT2D eigenvalue weighted by molar-refractivity contribution is 7.92. The molecule has 2 bridgehead atoms. The Labute approximate surface area is 130 Å². The molecule has 3 rings (SSSR count). The number of ether oxygens (including phenoxy) is 1. The van der Waals surface area contributed by atoms with Gasteiger partial charge in [0.1, 0.15) is 11.6 Å². The van der Waals surface area contributed by atoms with Crippen LogP contribution in [0.15, 0.2) is 18.2 Å². The van der Waals surface area contributed by atoms with Crippen LogP contribution >= 0.6 is 0 Å². The lowest BCUT2D eigenvalue weighted by Gasteiger charge is -2.44. The van der Waals surface area contributed by atoms with E-state index in [1.807, 2.05) is 6.92 Å². The number of halogens is 1. The minimum Gasteiger partial charge on any atom is -0.494 e. The molecular weight excluding hydrogens is 307 g/mol. The van der Waals surface area contributed by atoms with Crippen molar-refractivity contribution in [1.29, 1.82) is 0 Å². The van der Waals surface area contributed by atoms with E-state index in [9.17, 15) is 17.9 Å². The SMILES string of the molecule is CCOc1ccc(C2(O)CC3CCCC(C2)S3(=O)=O)c(F)c1. The number of sulfone groups is 1. The first kappa shape index (κ1) is 15.7. The van der Waals surface area contributed by atoms with E-state index in [1.165, 1.54) is 12.1 Å². The summed E-state index contributed by atoms with van der Waals surface area (Å²) in [5.41, 5.74) is -1.22. The molecule has 0 radical (unpaired) electrons. The van der Waals surface area contributed by atoms with E-state index in [1.54, 1.807) is 6.07 Å². The third kappa shape index (κ3) is 2.52. The van der Waals surface area contributed by atoms with E-state index in [0.29, 0.717) is 25.2 Å². The molecule has 0 amide bonds. The first-order chi connectivity index (χ1) is 10.4. The van der Waals surface area contributed by atoms with E-state index in [-0.39, 0.29) is 18.4 Å². The summed E-state index contributed by atoms with van der Waals surface area (Å²) in [5, 5.41) is 9.82. The van der Waals surface area contributed by atoms with E-state index < -0.39 is 31.8 Å². The van der Waals surface area contributed by atoms with E-state index >= 15 is 0 Å². The fourth-order valence-electron chi connectivity index (χ4n) is 3.80. The van der Waals surface area contributed by atoms with Gasteiger partial charge >= 0.3 is 0 Å². The molecule has 2 fully saturated rings. The summed E-state index contributed by atoms with van der Waals surface area (Å²) < 4.78 is 44.3. The van der Waals surface area contributed by atoms with Crippen LogP contribution in [0.4, 0.5) is 4.39 Å². The maximum atomic E-state index is 14.4. The van der Waals surface area contributed by atoms with Crippen LogP contribution in [-0.4, -0.2) is 30.6 Å². The van der Waals surface area contributed by atoms with Crippen molar-refractivity contribution >= 4 is 9.84 Å². The number of benzene rings is 1. The van der Waals surface area contributed by atoms with Crippen LogP contribution in [0.25, 0.3) is 0 Å². The van der Waals surface area contributed by atoms with Crippen LogP contribution in [0, 0.1) is 5.82 Å². The number of fused-ring (bicyclic) bond motifs is 2. The number of hydrogen-bond acceptors (Lipinski definition) is 4. The van der Waals surface area contributed by atoms with Crippen molar-refractivity contribution in [2.24, 2.45) is 0 Å². The first-order valence-corrected chi connectivity index (χ1v) is 9.35. The Kier molecular flexibility index (Phi) is 3.93. The third-order valence-corrected chi connectivity index (χ3v) is 7.53. The summed E-state index contributed by atoms with van der Waals surface area (Å²) in [6.45, 7) is 2.25. The number of hydrogen-bond donors (Lipinski definition) is 1. The molecule has 2 aliphatic heterocycles. The minimum atomic E-state index is -3.18. The monoisotopic (exact) mass is 328 g/mol. The van der Waals surface area contributed by atoms with Crippen molar-refractivity contribution in [1.82, 2.24) is 0 Å². The van der Waals surface area contributed by atoms with E-state index in [4.69, 9.17) is 4.74 Å². The van der Waals surface area contributed by atoms with Gasteiger partial charge in [0.05, 0.1) is 22.7 Å². The van der Waals surface area contributed by atoms with Crippen LogP contribution < -0.4 is 4.74 Å². The topological polar surface area (TPSA) is 63.6 Å². The Bertz CT molecular complexity index is 651. The normalized spacial score (nSPS) is 33.4. The van der Waals surface area contributed by atoms with Crippen molar-refractivity contribution in [2.75, 3.05) is 6.61 Å². The standard InChI is InChI=1S/C16H21FO4S/c1-2-21-11-6-7-14(15(17)8-11)16(18)9-12-4-3-5-13(10-16)22(12,19)20/h6-8,12-13,18H,2-5,9-10H2,1H3. The molecule has 0 aliphatic carbocycles. The molecule has 2 heterocycles. The highest BCUT2D eigenvalue weighted by atomic mass is 32.2. The van der Waals surface area contributed by atoms with Crippen LogP contribution in [0.1, 0.15) is 44.6 Å². The Balaban J connectivity index is 1.95. The van der Waals surface area contributed by atoms with Crippen LogP contribution in [-0.2, 0) is 15.4 Å². The summed E-state index contributed by atoms with van der Waals surface area (Å²) in [6, 6.07) is 4.41. The minimum absolute atomic E-state index is 0.0801. The van der Waals surface area contributed by atoms with Gasteiger partial charge in [-0.1, -0.05) is 6.42 Å². The lowest BCUT2D eigenvalue weighted by molar-refractivity contribution is 0.00181. The van der Waals surface area contributed by atoms with Crippen LogP contribution in [0.2, 0.25) is 0 Å². The molecule has 22 heavy (non-hydrogen) atoms. The van der Waals surface area contributed by atoms with Crippen molar-refractivity contribution in [3.63, 3.8) is 0 Å². The lowest BCUT2D eigenvalue weighted by Crippen LogP contribution is -2.50. The van der Waals surface area contributed by atoms with Crippen molar-refractivity contribution < 1.29 is 22.7 Å². The summed E-state index contributed by atoms with van der Waals surface area (Å²) in [5.74, 6) is -0.123. The van der Waals surface area contributed by atoms with E-state index in [0.717, 1.165) is 6.42 Å². The molecule has 4 nitrogen and oxygen atoms in total. The summed E-state index contributed by atoms with van der Waals surface area (Å²) in [6.07, 6.45) is 2.13. The largest absolute Gasteiger partial charge is 0.494 e. The van der Waals surface area contributed by atoms with Gasteiger partial charge in [0.15, 0.2) is 9.84 Å². The highest BCUT2D eigenvalue weighted by Gasteiger charge is 2.51. The van der Waals surface area contributed by atoms with Crippen LogP contribution in [0.3, 0.4) is 0 Å². The second-order valence-electron chi connectivity index (χ2n) is 6.28. The maximum absolute atomic E-state index is 14.4. The average Bonchev–Trinajstić information content (AvgIpc) is 2.41. The van der Waals surface area contributed by atoms with Gasteiger partial charge in [0, 0.05) is 11.6 Å². The molecule has 2 atom stereocenters. The second kappa shape index (κ2) is 5.49. The molecule has 0 spiro atoms. The number of aliphatic hydroxyl groups is 1. The summed E-state index contributed by atoms with van der Waals surface area (Å²) >= 11 is 0. The molecule has 1 aromatic rings. The van der Waals surface area contributed by atoms with Crippen LogP contribution in [0.5, 0.6) is 5.75 Å². The predicted octanol–water partition coefficient (Wildman–Crippen LogP) is 2.54. The summed E-state index contributed by atoms with van der Waals surface area (Å²) in [7, 11) is -3.18. The average molecular weight is 328 g/mol. The van der Waals surface area contributed by atoms with Gasteiger partial charge in [0.2, 0.25) is 0 Å². The smallest absolute Gasteiger partial charge is 0.156 e. The van der Waals surface area contributed by atoms with Gasteiger partial charge < -0.3 is 9.84 Å².